The van der Waals surface area contributed by atoms with Gasteiger partial charge in [0.2, 0.25) is 5.91 Å². The summed E-state index contributed by atoms with van der Waals surface area (Å²) in [6, 6.07) is 8.19. The number of morpholine rings is 1. The molecule has 2 atom stereocenters. The molecular weight excluding hydrogens is 346 g/mol. The maximum atomic E-state index is 11.8. The van der Waals surface area contributed by atoms with Crippen molar-refractivity contribution in [3.63, 3.8) is 0 Å². The van der Waals surface area contributed by atoms with Crippen LogP contribution in [-0.2, 0) is 9.53 Å². The number of piperidine rings is 1. The van der Waals surface area contributed by atoms with Crippen molar-refractivity contribution in [1.82, 2.24) is 9.80 Å². The van der Waals surface area contributed by atoms with E-state index in [-0.39, 0.29) is 24.7 Å². The number of amides is 1. The van der Waals surface area contributed by atoms with Crippen LogP contribution >= 0.6 is 0 Å². The molecular formula is C20H29N3O4. The predicted molar refractivity (Wildman–Crippen MR) is 102 cm³/mol. The number of anilines is 1. The molecule has 27 heavy (non-hydrogen) atoms. The van der Waals surface area contributed by atoms with E-state index in [1.165, 1.54) is 5.69 Å². The molecule has 0 bridgehead atoms. The molecule has 4 rings (SSSR count). The lowest BCUT2D eigenvalue weighted by atomic mass is 9.90. The number of fused-ring (bicyclic) bond motifs is 1. The second-order valence-corrected chi connectivity index (χ2v) is 8.02. The number of hydrogen-bond donors (Lipinski definition) is 1. The molecule has 7 heteroatoms. The zero-order valence-electron chi connectivity index (χ0n) is 16.1. The van der Waals surface area contributed by atoms with E-state index in [0.717, 1.165) is 44.8 Å². The third kappa shape index (κ3) is 3.77. The molecule has 148 valence electrons. The zero-order chi connectivity index (χ0) is 19.0. The number of methoxy groups -OCH3 is 1. The van der Waals surface area contributed by atoms with Crippen molar-refractivity contribution in [3.05, 3.63) is 24.3 Å². The lowest BCUT2D eigenvalue weighted by molar-refractivity contribution is -0.150. The third-order valence-electron chi connectivity index (χ3n) is 6.27. The van der Waals surface area contributed by atoms with Crippen molar-refractivity contribution < 1.29 is 19.4 Å². The van der Waals surface area contributed by atoms with E-state index in [4.69, 9.17) is 9.47 Å². The summed E-state index contributed by atoms with van der Waals surface area (Å²) in [6.45, 7) is 4.04. The minimum absolute atomic E-state index is 0.0459. The lowest BCUT2D eigenvalue weighted by Gasteiger charge is -2.41. The molecule has 3 aliphatic rings. The third-order valence-corrected chi connectivity index (χ3v) is 6.27. The first kappa shape index (κ1) is 18.5. The van der Waals surface area contributed by atoms with Crippen LogP contribution in [0.4, 0.5) is 5.69 Å². The fourth-order valence-corrected chi connectivity index (χ4v) is 4.51. The minimum atomic E-state index is -0.682. The number of likely N-dealkylation sites (N-methyl/N-ethyl adjacent to an activating group) is 1. The van der Waals surface area contributed by atoms with Gasteiger partial charge in [0.05, 0.1) is 24.9 Å². The molecule has 1 aromatic carbocycles. The maximum absolute atomic E-state index is 11.8. The van der Waals surface area contributed by atoms with Gasteiger partial charge in [-0.2, -0.15) is 0 Å². The molecule has 3 aliphatic heterocycles. The minimum Gasteiger partial charge on any atom is -0.497 e. The van der Waals surface area contributed by atoms with Gasteiger partial charge in [-0.25, -0.2) is 0 Å². The molecule has 0 aromatic heterocycles. The summed E-state index contributed by atoms with van der Waals surface area (Å²) < 4.78 is 10.9. The van der Waals surface area contributed by atoms with E-state index in [1.54, 1.807) is 7.11 Å². The zero-order valence-corrected chi connectivity index (χ0v) is 16.1. The first-order valence-electron chi connectivity index (χ1n) is 9.68. The Balaban J connectivity index is 1.32. The van der Waals surface area contributed by atoms with E-state index in [0.29, 0.717) is 6.54 Å². The number of ether oxygens (including phenoxy) is 2. The molecule has 0 unspecified atom stereocenters. The normalized spacial score (nSPS) is 28.3. The van der Waals surface area contributed by atoms with Gasteiger partial charge in [-0.3, -0.25) is 9.69 Å². The molecule has 1 N–H and O–H groups in total. The number of benzene rings is 1. The molecule has 0 spiro atoms. The van der Waals surface area contributed by atoms with E-state index in [1.807, 2.05) is 24.1 Å². The summed E-state index contributed by atoms with van der Waals surface area (Å²) in [5.41, 5.74) is 0.484. The largest absolute Gasteiger partial charge is 0.497 e. The number of aliphatic hydroxyl groups is 1. The van der Waals surface area contributed by atoms with E-state index >= 15 is 0 Å². The van der Waals surface area contributed by atoms with Crippen molar-refractivity contribution in [2.45, 2.75) is 30.6 Å². The Kier molecular flexibility index (Phi) is 5.01. The number of β-amino-alcohol motifs (C(OH)–C–C–N with tert-alkyl or cyclic N) is 1. The molecule has 0 radical (unpaired) electrons. The van der Waals surface area contributed by atoms with Crippen molar-refractivity contribution in [3.8, 4) is 5.75 Å². The SMILES string of the molecule is COc1ccc(N2CCC(O)(CN3C[C@@H]4OCC(=O)N(C)[C@H]4C3)CC2)cc1. The first-order valence-corrected chi connectivity index (χ1v) is 9.68. The molecule has 3 saturated heterocycles. The summed E-state index contributed by atoms with van der Waals surface area (Å²) >= 11 is 0. The first-order chi connectivity index (χ1) is 13.0. The van der Waals surface area contributed by atoms with E-state index in [9.17, 15) is 9.90 Å². The average molecular weight is 375 g/mol. The van der Waals surface area contributed by atoms with Gasteiger partial charge in [-0.05, 0) is 37.1 Å². The van der Waals surface area contributed by atoms with Crippen molar-refractivity contribution in [1.29, 1.82) is 0 Å². The Morgan fingerprint density at radius 2 is 1.93 bits per heavy atom. The molecule has 0 saturated carbocycles. The van der Waals surface area contributed by atoms with Crippen LogP contribution in [0.15, 0.2) is 24.3 Å². The number of rotatable bonds is 4. The smallest absolute Gasteiger partial charge is 0.248 e. The van der Waals surface area contributed by atoms with Crippen molar-refractivity contribution >= 4 is 11.6 Å². The quantitative estimate of drug-likeness (QED) is 0.830. The van der Waals surface area contributed by atoms with Gasteiger partial charge >= 0.3 is 0 Å². The molecule has 7 nitrogen and oxygen atoms in total. The number of hydrogen-bond acceptors (Lipinski definition) is 6. The van der Waals surface area contributed by atoms with Gasteiger partial charge in [0.15, 0.2) is 0 Å². The van der Waals surface area contributed by atoms with Crippen LogP contribution in [0.1, 0.15) is 12.8 Å². The Morgan fingerprint density at radius 1 is 1.22 bits per heavy atom. The van der Waals surface area contributed by atoms with E-state index in [2.05, 4.69) is 21.9 Å². The number of carbonyl (C=O) groups is 1. The fourth-order valence-electron chi connectivity index (χ4n) is 4.51. The van der Waals surface area contributed by atoms with E-state index < -0.39 is 5.60 Å². The molecule has 1 amide bonds. The second kappa shape index (κ2) is 7.30. The summed E-state index contributed by atoms with van der Waals surface area (Å²) in [5, 5.41) is 11.1. The highest BCUT2D eigenvalue weighted by molar-refractivity contribution is 5.78. The van der Waals surface area contributed by atoms with Crippen LogP contribution in [0.3, 0.4) is 0 Å². The Hall–Kier alpha value is -1.83. The Morgan fingerprint density at radius 3 is 2.59 bits per heavy atom. The van der Waals surface area contributed by atoms with Crippen molar-refractivity contribution in [2.24, 2.45) is 0 Å². The van der Waals surface area contributed by atoms with Crippen LogP contribution in [0.25, 0.3) is 0 Å². The number of carbonyl (C=O) groups excluding carboxylic acids is 1. The van der Waals surface area contributed by atoms with Gasteiger partial charge in [-0.15, -0.1) is 0 Å². The van der Waals surface area contributed by atoms with Crippen LogP contribution in [-0.4, -0.2) is 92.0 Å². The standard InChI is InChI=1S/C20H29N3O4/c1-21-17-11-22(12-18(17)27-13-19(21)24)14-20(25)7-9-23(10-8-20)15-3-5-16(26-2)6-4-15/h3-6,17-18,25H,7-14H2,1-2H3/t17-,18-/m0/s1. The lowest BCUT2D eigenvalue weighted by Crippen LogP contribution is -2.52. The number of likely N-dealkylation sites (tertiary alicyclic amines) is 1. The second-order valence-electron chi connectivity index (χ2n) is 8.02. The Bertz CT molecular complexity index is 672. The van der Waals surface area contributed by atoms with Gasteiger partial charge in [-0.1, -0.05) is 0 Å². The molecule has 3 heterocycles. The Labute approximate surface area is 160 Å². The van der Waals surface area contributed by atoms with Gasteiger partial charge in [0.1, 0.15) is 12.4 Å². The van der Waals surface area contributed by atoms with Crippen LogP contribution < -0.4 is 9.64 Å². The fraction of sp³-hybridized carbons (Fsp3) is 0.650. The van der Waals surface area contributed by atoms with Crippen LogP contribution in [0.2, 0.25) is 0 Å². The van der Waals surface area contributed by atoms with Crippen LogP contribution in [0, 0.1) is 0 Å². The summed E-state index contributed by atoms with van der Waals surface area (Å²) in [5.74, 6) is 0.901. The molecule has 0 aliphatic carbocycles. The highest BCUT2D eigenvalue weighted by Crippen LogP contribution is 2.30. The van der Waals surface area contributed by atoms with Crippen LogP contribution in [0.5, 0.6) is 5.75 Å². The molecule has 3 fully saturated rings. The average Bonchev–Trinajstić information content (AvgIpc) is 3.08. The molecule has 1 aromatic rings. The summed E-state index contributed by atoms with van der Waals surface area (Å²) in [4.78, 5) is 18.2. The highest BCUT2D eigenvalue weighted by Gasteiger charge is 2.44. The maximum Gasteiger partial charge on any atom is 0.248 e. The van der Waals surface area contributed by atoms with Crippen molar-refractivity contribution in [2.75, 3.05) is 58.4 Å². The van der Waals surface area contributed by atoms with Gasteiger partial charge in [0, 0.05) is 45.5 Å². The van der Waals surface area contributed by atoms with Gasteiger partial charge < -0.3 is 24.4 Å². The topological polar surface area (TPSA) is 65.5 Å². The van der Waals surface area contributed by atoms with Gasteiger partial charge in [0.25, 0.3) is 0 Å². The predicted octanol–water partition coefficient (Wildman–Crippen LogP) is 0.568. The number of nitrogens with zero attached hydrogens (tertiary/aromatic N) is 3. The highest BCUT2D eigenvalue weighted by atomic mass is 16.5. The summed E-state index contributed by atoms with van der Waals surface area (Å²) in [7, 11) is 3.53. The monoisotopic (exact) mass is 375 g/mol. The summed E-state index contributed by atoms with van der Waals surface area (Å²) in [6.07, 6.45) is 1.54.